The molecule has 2 atom stereocenters. The van der Waals surface area contributed by atoms with Crippen molar-refractivity contribution in [1.29, 1.82) is 0 Å². The first-order valence-corrected chi connectivity index (χ1v) is 12.6. The van der Waals surface area contributed by atoms with Crippen molar-refractivity contribution >= 4 is 15.9 Å². The van der Waals surface area contributed by atoms with Gasteiger partial charge in [-0.2, -0.15) is 0 Å². The number of ether oxygens (including phenoxy) is 2. The van der Waals surface area contributed by atoms with E-state index in [2.05, 4.69) is 0 Å². The molecule has 0 aliphatic carbocycles. The molecule has 1 aromatic carbocycles. The van der Waals surface area contributed by atoms with Crippen LogP contribution in [-0.4, -0.2) is 55.0 Å². The largest absolute Gasteiger partial charge is 0.490 e. The SMILES string of the molecule is CC[C@@H]1C[C@H](Oc2ccn(-c3ccc(S(C)(=O)=O)cc3)c(=O)c2)CCN1C(=O)OC(C)C. The normalized spacial score (nSPS) is 19.1. The molecule has 3 rings (SSSR count). The van der Waals surface area contributed by atoms with Gasteiger partial charge in [0.15, 0.2) is 9.84 Å². The van der Waals surface area contributed by atoms with Crippen LogP contribution in [0.5, 0.6) is 5.75 Å². The fourth-order valence-corrected chi connectivity index (χ4v) is 4.44. The Morgan fingerprint density at radius 3 is 2.44 bits per heavy atom. The van der Waals surface area contributed by atoms with E-state index < -0.39 is 9.84 Å². The Morgan fingerprint density at radius 2 is 1.88 bits per heavy atom. The Morgan fingerprint density at radius 1 is 1.19 bits per heavy atom. The van der Waals surface area contributed by atoms with Gasteiger partial charge in [-0.3, -0.25) is 9.36 Å². The van der Waals surface area contributed by atoms with E-state index in [1.54, 1.807) is 29.3 Å². The fourth-order valence-electron chi connectivity index (χ4n) is 3.81. The van der Waals surface area contributed by atoms with Crippen molar-refractivity contribution in [3.63, 3.8) is 0 Å². The molecular weight excluding hydrogens is 432 g/mol. The molecule has 1 aromatic heterocycles. The summed E-state index contributed by atoms with van der Waals surface area (Å²) in [5, 5.41) is 0. The van der Waals surface area contributed by atoms with Crippen LogP contribution >= 0.6 is 0 Å². The van der Waals surface area contributed by atoms with E-state index in [1.165, 1.54) is 22.8 Å². The number of nitrogens with zero attached hydrogens (tertiary/aromatic N) is 2. The van der Waals surface area contributed by atoms with E-state index in [1.807, 2.05) is 20.8 Å². The smallest absolute Gasteiger partial charge is 0.410 e. The molecule has 2 heterocycles. The fraction of sp³-hybridized carbons (Fsp3) is 0.478. The molecule has 0 unspecified atom stereocenters. The minimum Gasteiger partial charge on any atom is -0.490 e. The summed E-state index contributed by atoms with van der Waals surface area (Å²) in [5.74, 6) is 0.470. The van der Waals surface area contributed by atoms with Gasteiger partial charge in [0, 0.05) is 49.6 Å². The summed E-state index contributed by atoms with van der Waals surface area (Å²) < 4.78 is 36.1. The number of aromatic nitrogens is 1. The number of likely N-dealkylation sites (tertiary alicyclic amines) is 1. The first-order valence-electron chi connectivity index (χ1n) is 10.8. The Bertz CT molecular complexity index is 1110. The Kier molecular flexibility index (Phi) is 7.28. The topological polar surface area (TPSA) is 94.9 Å². The molecule has 0 spiro atoms. The van der Waals surface area contributed by atoms with E-state index in [4.69, 9.17) is 9.47 Å². The van der Waals surface area contributed by atoms with E-state index in [0.717, 1.165) is 12.7 Å². The molecule has 0 bridgehead atoms. The monoisotopic (exact) mass is 462 g/mol. The lowest BCUT2D eigenvalue weighted by molar-refractivity contribution is 0.0250. The van der Waals surface area contributed by atoms with Crippen molar-refractivity contribution in [2.24, 2.45) is 0 Å². The van der Waals surface area contributed by atoms with Crippen LogP contribution in [0.3, 0.4) is 0 Å². The van der Waals surface area contributed by atoms with Crippen LogP contribution in [-0.2, 0) is 14.6 Å². The average molecular weight is 463 g/mol. The number of hydrogen-bond donors (Lipinski definition) is 0. The van der Waals surface area contributed by atoms with Crippen LogP contribution in [0.25, 0.3) is 5.69 Å². The van der Waals surface area contributed by atoms with Crippen LogP contribution in [0.15, 0.2) is 52.3 Å². The molecule has 1 fully saturated rings. The summed E-state index contributed by atoms with van der Waals surface area (Å²) in [7, 11) is -3.30. The van der Waals surface area contributed by atoms with E-state index in [0.29, 0.717) is 30.8 Å². The number of benzene rings is 1. The minimum absolute atomic E-state index is 0.0220. The maximum atomic E-state index is 12.6. The zero-order valence-electron chi connectivity index (χ0n) is 18.9. The van der Waals surface area contributed by atoms with Crippen molar-refractivity contribution in [3.8, 4) is 11.4 Å². The van der Waals surface area contributed by atoms with Crippen molar-refractivity contribution in [3.05, 3.63) is 52.9 Å². The second-order valence-corrected chi connectivity index (χ2v) is 10.3. The van der Waals surface area contributed by atoms with Crippen LogP contribution in [0.2, 0.25) is 0 Å². The van der Waals surface area contributed by atoms with Crippen molar-refractivity contribution in [1.82, 2.24) is 9.47 Å². The predicted molar refractivity (Wildman–Crippen MR) is 121 cm³/mol. The molecule has 0 N–H and O–H groups in total. The highest BCUT2D eigenvalue weighted by Gasteiger charge is 2.32. The van der Waals surface area contributed by atoms with Crippen molar-refractivity contribution in [2.45, 2.75) is 63.2 Å². The highest BCUT2D eigenvalue weighted by atomic mass is 32.2. The Labute approximate surface area is 188 Å². The third kappa shape index (κ3) is 5.70. The first-order chi connectivity index (χ1) is 15.1. The average Bonchev–Trinajstić information content (AvgIpc) is 2.72. The quantitative estimate of drug-likeness (QED) is 0.653. The summed E-state index contributed by atoms with van der Waals surface area (Å²) >= 11 is 0. The van der Waals surface area contributed by atoms with E-state index in [9.17, 15) is 18.0 Å². The maximum absolute atomic E-state index is 12.6. The lowest BCUT2D eigenvalue weighted by atomic mass is 9.98. The molecule has 0 saturated carbocycles. The number of piperidine rings is 1. The molecule has 32 heavy (non-hydrogen) atoms. The number of sulfone groups is 1. The van der Waals surface area contributed by atoms with Gasteiger partial charge in [-0.15, -0.1) is 0 Å². The summed E-state index contributed by atoms with van der Waals surface area (Å²) in [6.45, 7) is 6.23. The number of pyridine rings is 1. The zero-order valence-corrected chi connectivity index (χ0v) is 19.7. The summed E-state index contributed by atoms with van der Waals surface area (Å²) in [5.41, 5.74) is 0.288. The summed E-state index contributed by atoms with van der Waals surface area (Å²) in [6.07, 6.45) is 4.29. The van der Waals surface area contributed by atoms with Gasteiger partial charge in [0.05, 0.1) is 11.0 Å². The Balaban J connectivity index is 1.68. The van der Waals surface area contributed by atoms with Crippen LogP contribution in [0.4, 0.5) is 4.79 Å². The highest BCUT2D eigenvalue weighted by molar-refractivity contribution is 7.90. The number of hydrogen-bond acceptors (Lipinski definition) is 6. The maximum Gasteiger partial charge on any atom is 0.410 e. The molecule has 1 aliphatic heterocycles. The molecule has 9 heteroatoms. The number of carbonyl (C=O) groups is 1. The molecule has 8 nitrogen and oxygen atoms in total. The van der Waals surface area contributed by atoms with E-state index in [-0.39, 0.29) is 34.8 Å². The molecular formula is C23H30N2O6S. The van der Waals surface area contributed by atoms with E-state index >= 15 is 0 Å². The zero-order chi connectivity index (χ0) is 23.5. The lowest BCUT2D eigenvalue weighted by Crippen LogP contribution is -2.49. The molecule has 2 aromatic rings. The second-order valence-electron chi connectivity index (χ2n) is 8.29. The van der Waals surface area contributed by atoms with Gasteiger partial charge < -0.3 is 14.4 Å². The minimum atomic E-state index is -3.30. The molecule has 174 valence electrons. The van der Waals surface area contributed by atoms with Crippen LogP contribution < -0.4 is 10.3 Å². The van der Waals surface area contributed by atoms with Crippen molar-refractivity contribution in [2.75, 3.05) is 12.8 Å². The van der Waals surface area contributed by atoms with Gasteiger partial charge in [-0.25, -0.2) is 13.2 Å². The van der Waals surface area contributed by atoms with Gasteiger partial charge >= 0.3 is 6.09 Å². The number of rotatable bonds is 6. The van der Waals surface area contributed by atoms with Gasteiger partial charge in [-0.05, 0) is 50.6 Å². The van der Waals surface area contributed by atoms with Crippen LogP contribution in [0, 0.1) is 0 Å². The van der Waals surface area contributed by atoms with Gasteiger partial charge in [0.1, 0.15) is 11.9 Å². The van der Waals surface area contributed by atoms with Gasteiger partial charge in [0.25, 0.3) is 5.56 Å². The molecule has 1 aliphatic rings. The first kappa shape index (κ1) is 23.8. The van der Waals surface area contributed by atoms with Gasteiger partial charge in [-0.1, -0.05) is 6.92 Å². The third-order valence-corrected chi connectivity index (χ3v) is 6.58. The number of carbonyl (C=O) groups excluding carboxylic acids is 1. The number of amides is 1. The molecule has 1 amide bonds. The Hall–Kier alpha value is -2.81. The molecule has 0 radical (unpaired) electrons. The third-order valence-electron chi connectivity index (χ3n) is 5.45. The standard InChI is InChI=1S/C23H30N2O6S/c1-5-17-14-19(11-13-25(17)23(27)30-16(2)3)31-20-10-12-24(22(26)15-20)18-6-8-21(9-7-18)32(4,28)29/h6-10,12,15-17,19H,5,11,13-14H2,1-4H3/t17-,19-/m1/s1. The highest BCUT2D eigenvalue weighted by Crippen LogP contribution is 2.25. The predicted octanol–water partition coefficient (Wildman–Crippen LogP) is 3.41. The summed E-state index contributed by atoms with van der Waals surface area (Å²) in [4.78, 5) is 26.9. The lowest BCUT2D eigenvalue weighted by Gasteiger charge is -2.38. The van der Waals surface area contributed by atoms with Crippen molar-refractivity contribution < 1.29 is 22.7 Å². The second kappa shape index (κ2) is 9.77. The van der Waals surface area contributed by atoms with Crippen LogP contribution in [0.1, 0.15) is 40.0 Å². The van der Waals surface area contributed by atoms with Gasteiger partial charge in [0.2, 0.25) is 0 Å². The molecule has 1 saturated heterocycles. The summed E-state index contributed by atoms with van der Waals surface area (Å²) in [6, 6.07) is 9.30.